The van der Waals surface area contributed by atoms with E-state index in [0.29, 0.717) is 5.56 Å². The van der Waals surface area contributed by atoms with Gasteiger partial charge in [-0.3, -0.25) is 19.7 Å². The van der Waals surface area contributed by atoms with Gasteiger partial charge in [0.25, 0.3) is 5.69 Å². The number of carbonyl (C=O) groups excluding carboxylic acids is 3. The number of carboxylic acids is 1. The third-order valence-corrected chi connectivity index (χ3v) is 5.12. The van der Waals surface area contributed by atoms with Gasteiger partial charge in [0.15, 0.2) is 11.8 Å². The number of carboxylic acid groups (broad SMARTS) is 1. The summed E-state index contributed by atoms with van der Waals surface area (Å²) in [4.78, 5) is 58.1. The maximum absolute atomic E-state index is 12.3. The lowest BCUT2D eigenvalue weighted by atomic mass is 9.79. The monoisotopic (exact) mass is 406 g/mol. The van der Waals surface area contributed by atoms with Crippen LogP contribution in [0.1, 0.15) is 18.9 Å². The number of ether oxygens (including phenoxy) is 2. The first-order valence-corrected chi connectivity index (χ1v) is 8.81. The molecule has 2 heterocycles. The Morgan fingerprint density at radius 3 is 2.52 bits per heavy atom. The van der Waals surface area contributed by atoms with Gasteiger partial charge >= 0.3 is 12.1 Å². The van der Waals surface area contributed by atoms with E-state index in [-0.39, 0.29) is 25.3 Å². The van der Waals surface area contributed by atoms with Crippen LogP contribution >= 0.6 is 0 Å². The largest absolute Gasteiger partial charge is 0.508 e. The number of aliphatic carboxylic acids is 1. The molecule has 0 radical (unpaired) electrons. The number of nitro groups is 1. The zero-order chi connectivity index (χ0) is 21.3. The second kappa shape index (κ2) is 7.86. The molecule has 1 unspecified atom stereocenters. The average molecular weight is 406 g/mol. The minimum atomic E-state index is -1.43. The molecule has 2 aliphatic heterocycles. The molecule has 11 nitrogen and oxygen atoms in total. The van der Waals surface area contributed by atoms with E-state index >= 15 is 0 Å². The number of amides is 1. The highest BCUT2D eigenvalue weighted by Crippen LogP contribution is 2.41. The fourth-order valence-electron chi connectivity index (χ4n) is 3.69. The molecule has 0 bridgehead atoms. The number of Topliss-reactive ketones (excluding diaryl/α,β-unsaturated/α-hetero) is 1. The summed E-state index contributed by atoms with van der Waals surface area (Å²) in [5.74, 6) is -3.30. The van der Waals surface area contributed by atoms with Crippen LogP contribution in [0.15, 0.2) is 24.3 Å². The highest BCUT2D eigenvalue weighted by atomic mass is 16.7. The zero-order valence-electron chi connectivity index (χ0n) is 15.3. The summed E-state index contributed by atoms with van der Waals surface area (Å²) in [6, 6.07) is 3.55. The quantitative estimate of drug-likeness (QED) is 0.231. The fourth-order valence-corrected chi connectivity index (χ4v) is 3.69. The van der Waals surface area contributed by atoms with E-state index in [0.717, 1.165) is 4.90 Å². The molecular weight excluding hydrogens is 388 g/mol. The lowest BCUT2D eigenvalue weighted by Gasteiger charge is -2.46. The van der Waals surface area contributed by atoms with Crippen LogP contribution in [0.3, 0.4) is 0 Å². The normalized spacial score (nSPS) is 23.8. The molecule has 1 N–H and O–H groups in total. The van der Waals surface area contributed by atoms with Gasteiger partial charge in [-0.25, -0.2) is 9.59 Å². The number of rotatable bonds is 7. The predicted octanol–water partition coefficient (Wildman–Crippen LogP) is 1.14. The number of hydrogen-bond donors (Lipinski definition) is 1. The number of benzene rings is 1. The first kappa shape index (κ1) is 20.2. The molecule has 3 rings (SSSR count). The molecule has 2 saturated heterocycles. The smallest absolute Gasteiger partial charge is 0.479 e. The molecule has 154 valence electrons. The number of fused-ring (bicyclic) bond motifs is 1. The van der Waals surface area contributed by atoms with Crippen LogP contribution < -0.4 is 0 Å². The van der Waals surface area contributed by atoms with E-state index in [2.05, 4.69) is 0 Å². The van der Waals surface area contributed by atoms with E-state index < -0.39 is 52.7 Å². The van der Waals surface area contributed by atoms with Crippen LogP contribution in [-0.4, -0.2) is 57.4 Å². The van der Waals surface area contributed by atoms with E-state index in [1.54, 1.807) is 6.92 Å². The molecule has 29 heavy (non-hydrogen) atoms. The Morgan fingerprint density at radius 1 is 1.28 bits per heavy atom. The number of nitro benzene ring substituents is 1. The van der Waals surface area contributed by atoms with Gasteiger partial charge in [-0.1, -0.05) is 6.92 Å². The Bertz CT molecular complexity index is 867. The summed E-state index contributed by atoms with van der Waals surface area (Å²) < 4.78 is 9.93. The summed E-state index contributed by atoms with van der Waals surface area (Å²) >= 11 is 0. The van der Waals surface area contributed by atoms with Gasteiger partial charge in [0.05, 0.1) is 23.5 Å². The van der Waals surface area contributed by atoms with Crippen molar-refractivity contribution >= 4 is 29.5 Å². The molecule has 2 fully saturated rings. The van der Waals surface area contributed by atoms with Crippen LogP contribution in [0.2, 0.25) is 0 Å². The number of carbonyl (C=O) groups is 4. The van der Waals surface area contributed by atoms with Gasteiger partial charge in [-0.15, -0.1) is 0 Å². The fraction of sp³-hybridized carbons (Fsp3) is 0.444. The van der Waals surface area contributed by atoms with Crippen LogP contribution in [0, 0.1) is 22.0 Å². The van der Waals surface area contributed by atoms with Crippen molar-refractivity contribution < 1.29 is 38.7 Å². The van der Waals surface area contributed by atoms with Crippen molar-refractivity contribution in [2.24, 2.45) is 11.8 Å². The maximum Gasteiger partial charge on any atom is 0.508 e. The van der Waals surface area contributed by atoms with Crippen molar-refractivity contribution in [2.45, 2.75) is 32.0 Å². The zero-order valence-corrected chi connectivity index (χ0v) is 15.3. The molecule has 11 heteroatoms. The Morgan fingerprint density at radius 2 is 1.93 bits per heavy atom. The standard InChI is InChI=1S/C18H18N2O9/c1-9(14-12-6-13(21)15(17(23)24)19(12)16(14)22)7-28-18(25)29-8-10-2-4-11(5-3-10)20(26)27/h2-5,9,12,14-15H,6-8H2,1H3,(H,23,24)/t9?,12-,14-,15-/m1/s1. The number of ketones is 1. The van der Waals surface area contributed by atoms with Crippen molar-refractivity contribution in [3.8, 4) is 0 Å². The van der Waals surface area contributed by atoms with Gasteiger partial charge in [0, 0.05) is 24.5 Å². The van der Waals surface area contributed by atoms with Gasteiger partial charge in [-0.05, 0) is 17.7 Å². The summed E-state index contributed by atoms with van der Waals surface area (Å²) in [5.41, 5.74) is 0.453. The molecule has 2 aliphatic rings. The van der Waals surface area contributed by atoms with Gasteiger partial charge in [0.2, 0.25) is 5.91 Å². The second-order valence-corrected chi connectivity index (χ2v) is 7.00. The Labute approximate surface area is 164 Å². The molecule has 1 amide bonds. The lowest BCUT2D eigenvalue weighted by molar-refractivity contribution is -0.384. The summed E-state index contributed by atoms with van der Waals surface area (Å²) in [6.45, 7) is 1.40. The van der Waals surface area contributed by atoms with Crippen molar-refractivity contribution in [3.63, 3.8) is 0 Å². The van der Waals surface area contributed by atoms with Crippen LogP contribution in [0.5, 0.6) is 0 Å². The number of hydrogen-bond acceptors (Lipinski definition) is 8. The Balaban J connectivity index is 1.46. The SMILES string of the molecule is CC(COC(=O)OCc1ccc([N+](=O)[O-])cc1)[C@H]1C(=O)N2[C@@H](C(=O)O)C(=O)C[C@H]12. The molecule has 0 saturated carbocycles. The van der Waals surface area contributed by atoms with Crippen molar-refractivity contribution in [2.75, 3.05) is 6.61 Å². The first-order chi connectivity index (χ1) is 13.7. The van der Waals surface area contributed by atoms with E-state index in [4.69, 9.17) is 14.6 Å². The number of β-lactam (4-membered cyclic amide) rings is 1. The predicted molar refractivity (Wildman–Crippen MR) is 93.6 cm³/mol. The van der Waals surface area contributed by atoms with Crippen molar-refractivity contribution in [1.82, 2.24) is 4.90 Å². The van der Waals surface area contributed by atoms with Crippen LogP contribution in [0.25, 0.3) is 0 Å². The summed E-state index contributed by atoms with van der Waals surface area (Å²) in [6.07, 6.45) is -0.993. The average Bonchev–Trinajstić information content (AvgIpc) is 2.97. The van der Waals surface area contributed by atoms with Crippen LogP contribution in [-0.2, 0) is 30.5 Å². The van der Waals surface area contributed by atoms with E-state index in [1.807, 2.05) is 0 Å². The summed E-state index contributed by atoms with van der Waals surface area (Å²) in [7, 11) is 0. The van der Waals surface area contributed by atoms with E-state index in [9.17, 15) is 29.3 Å². The molecule has 0 spiro atoms. The summed E-state index contributed by atoms with van der Waals surface area (Å²) in [5, 5.41) is 19.7. The molecular formula is C18H18N2O9. The number of nitrogens with zero attached hydrogens (tertiary/aromatic N) is 2. The highest BCUT2D eigenvalue weighted by Gasteiger charge is 2.61. The second-order valence-electron chi connectivity index (χ2n) is 7.00. The molecule has 1 aromatic rings. The Kier molecular flexibility index (Phi) is 5.48. The number of non-ortho nitro benzene ring substituents is 1. The van der Waals surface area contributed by atoms with E-state index in [1.165, 1.54) is 24.3 Å². The highest BCUT2D eigenvalue weighted by molar-refractivity contribution is 6.10. The topological polar surface area (TPSA) is 153 Å². The third-order valence-electron chi connectivity index (χ3n) is 5.12. The maximum atomic E-state index is 12.3. The molecule has 4 atom stereocenters. The lowest BCUT2D eigenvalue weighted by Crippen LogP contribution is -2.64. The van der Waals surface area contributed by atoms with Crippen molar-refractivity contribution in [1.29, 1.82) is 0 Å². The Hall–Kier alpha value is -3.50. The van der Waals surface area contributed by atoms with Crippen LogP contribution in [0.4, 0.5) is 10.5 Å². The molecule has 1 aromatic carbocycles. The minimum Gasteiger partial charge on any atom is -0.479 e. The molecule has 0 aromatic heterocycles. The van der Waals surface area contributed by atoms with Gasteiger partial charge < -0.3 is 19.5 Å². The van der Waals surface area contributed by atoms with Gasteiger partial charge in [-0.2, -0.15) is 0 Å². The molecule has 0 aliphatic carbocycles. The van der Waals surface area contributed by atoms with Gasteiger partial charge in [0.1, 0.15) is 6.61 Å². The minimum absolute atomic E-state index is 0.0255. The first-order valence-electron chi connectivity index (χ1n) is 8.81. The third kappa shape index (κ3) is 3.89. The van der Waals surface area contributed by atoms with Crippen molar-refractivity contribution in [3.05, 3.63) is 39.9 Å².